The lowest BCUT2D eigenvalue weighted by Gasteiger charge is -1.99. The van der Waals surface area contributed by atoms with Gasteiger partial charge in [0.05, 0.1) is 19.1 Å². The maximum Gasteiger partial charge on any atom is 0.335 e. The zero-order chi connectivity index (χ0) is 12.8. The molecule has 0 saturated carbocycles. The number of aromatic carboxylic acids is 1. The maximum absolute atomic E-state index is 13.4. The van der Waals surface area contributed by atoms with Gasteiger partial charge >= 0.3 is 11.9 Å². The summed E-state index contributed by atoms with van der Waals surface area (Å²) in [7, 11) is 1.26. The predicted octanol–water partition coefficient (Wildman–Crippen LogP) is 2.10. The summed E-state index contributed by atoms with van der Waals surface area (Å²) in [5.41, 5.74) is 0.103. The van der Waals surface area contributed by atoms with E-state index >= 15 is 0 Å². The average molecular weight is 238 g/mol. The third kappa shape index (κ3) is 3.71. The largest absolute Gasteiger partial charge is 0.478 e. The quantitative estimate of drug-likeness (QED) is 0.816. The van der Waals surface area contributed by atoms with E-state index in [9.17, 15) is 14.0 Å². The molecule has 5 heteroatoms. The molecule has 17 heavy (non-hydrogen) atoms. The molecule has 1 N–H and O–H groups in total. The standard InChI is InChI=1S/C12H11FO4/c1-17-11(14)4-2-3-8-5-6-9(12(15)16)7-10(8)13/h2-3,5-7H,4H2,1H3,(H,15,16). The van der Waals surface area contributed by atoms with Crippen molar-refractivity contribution in [2.24, 2.45) is 0 Å². The monoisotopic (exact) mass is 238 g/mol. The van der Waals surface area contributed by atoms with Crippen LogP contribution >= 0.6 is 0 Å². The van der Waals surface area contributed by atoms with Crippen molar-refractivity contribution in [2.75, 3.05) is 7.11 Å². The number of esters is 1. The highest BCUT2D eigenvalue weighted by molar-refractivity contribution is 5.87. The molecular weight excluding hydrogens is 227 g/mol. The van der Waals surface area contributed by atoms with Gasteiger partial charge in [0.25, 0.3) is 0 Å². The molecule has 0 spiro atoms. The molecule has 0 aliphatic heterocycles. The number of ether oxygens (including phenoxy) is 1. The minimum absolute atomic E-state index is 0.0383. The Kier molecular flexibility index (Phi) is 4.39. The molecule has 1 aromatic rings. The van der Waals surface area contributed by atoms with Crippen molar-refractivity contribution in [1.29, 1.82) is 0 Å². The van der Waals surface area contributed by atoms with Crippen LogP contribution in [0, 0.1) is 5.82 Å². The molecule has 0 fully saturated rings. The van der Waals surface area contributed by atoms with Gasteiger partial charge in [0.15, 0.2) is 0 Å². The summed E-state index contributed by atoms with van der Waals surface area (Å²) in [6.07, 6.45) is 2.89. The Morgan fingerprint density at radius 1 is 1.47 bits per heavy atom. The third-order valence-corrected chi connectivity index (χ3v) is 2.06. The molecule has 90 valence electrons. The van der Waals surface area contributed by atoms with Crippen LogP contribution < -0.4 is 0 Å². The van der Waals surface area contributed by atoms with Gasteiger partial charge < -0.3 is 9.84 Å². The first-order valence-corrected chi connectivity index (χ1v) is 4.81. The van der Waals surface area contributed by atoms with Crippen LogP contribution in [-0.4, -0.2) is 24.2 Å². The molecule has 1 rings (SSSR count). The Bertz CT molecular complexity index is 466. The number of carboxylic acids is 1. The minimum Gasteiger partial charge on any atom is -0.478 e. The van der Waals surface area contributed by atoms with Crippen molar-refractivity contribution in [3.63, 3.8) is 0 Å². The topological polar surface area (TPSA) is 63.6 Å². The lowest BCUT2D eigenvalue weighted by molar-refractivity contribution is -0.139. The molecule has 4 nitrogen and oxygen atoms in total. The molecule has 0 unspecified atom stereocenters. The maximum atomic E-state index is 13.4. The van der Waals surface area contributed by atoms with Gasteiger partial charge in [-0.1, -0.05) is 18.2 Å². The fourth-order valence-corrected chi connectivity index (χ4v) is 1.16. The van der Waals surface area contributed by atoms with Crippen molar-refractivity contribution < 1.29 is 23.8 Å². The van der Waals surface area contributed by atoms with E-state index in [4.69, 9.17) is 5.11 Å². The van der Waals surface area contributed by atoms with Crippen LogP contribution in [0.1, 0.15) is 22.3 Å². The van der Waals surface area contributed by atoms with Gasteiger partial charge in [0, 0.05) is 5.56 Å². The van der Waals surface area contributed by atoms with Crippen LogP contribution in [0.25, 0.3) is 6.08 Å². The first kappa shape index (κ1) is 12.9. The van der Waals surface area contributed by atoms with E-state index in [1.165, 1.54) is 31.4 Å². The number of halogens is 1. The smallest absolute Gasteiger partial charge is 0.335 e. The van der Waals surface area contributed by atoms with E-state index in [1.807, 2.05) is 0 Å². The van der Waals surface area contributed by atoms with E-state index in [0.717, 1.165) is 6.07 Å². The second-order valence-corrected chi connectivity index (χ2v) is 3.22. The second-order valence-electron chi connectivity index (χ2n) is 3.22. The number of carbonyl (C=O) groups excluding carboxylic acids is 1. The Balaban J connectivity index is 2.79. The zero-order valence-corrected chi connectivity index (χ0v) is 9.14. The number of hydrogen-bond acceptors (Lipinski definition) is 3. The van der Waals surface area contributed by atoms with Crippen molar-refractivity contribution >= 4 is 18.0 Å². The van der Waals surface area contributed by atoms with Crippen molar-refractivity contribution in [3.05, 3.63) is 41.2 Å². The number of benzene rings is 1. The second kappa shape index (κ2) is 5.79. The Morgan fingerprint density at radius 2 is 2.18 bits per heavy atom. The number of carbonyl (C=O) groups is 2. The van der Waals surface area contributed by atoms with Gasteiger partial charge in [-0.25, -0.2) is 9.18 Å². The summed E-state index contributed by atoms with van der Waals surface area (Å²) < 4.78 is 17.8. The molecular formula is C12H11FO4. The highest BCUT2D eigenvalue weighted by Gasteiger charge is 2.06. The highest BCUT2D eigenvalue weighted by atomic mass is 19.1. The zero-order valence-electron chi connectivity index (χ0n) is 9.14. The summed E-state index contributed by atoms with van der Waals surface area (Å²) in [5, 5.41) is 8.64. The van der Waals surface area contributed by atoms with Crippen molar-refractivity contribution in [1.82, 2.24) is 0 Å². The Hall–Kier alpha value is -2.17. The number of hydrogen-bond donors (Lipinski definition) is 1. The average Bonchev–Trinajstić information content (AvgIpc) is 2.30. The molecule has 0 heterocycles. The van der Waals surface area contributed by atoms with Gasteiger partial charge in [0.1, 0.15) is 5.82 Å². The fourth-order valence-electron chi connectivity index (χ4n) is 1.16. The molecule has 0 amide bonds. The van der Waals surface area contributed by atoms with Gasteiger partial charge in [-0.15, -0.1) is 0 Å². The summed E-state index contributed by atoms with van der Waals surface area (Å²) in [6.45, 7) is 0. The van der Waals surface area contributed by atoms with E-state index in [1.54, 1.807) is 0 Å². The van der Waals surface area contributed by atoms with E-state index in [-0.39, 0.29) is 17.5 Å². The number of rotatable bonds is 4. The van der Waals surface area contributed by atoms with Crippen molar-refractivity contribution in [2.45, 2.75) is 6.42 Å². The van der Waals surface area contributed by atoms with Gasteiger partial charge in [-0.3, -0.25) is 4.79 Å². The van der Waals surface area contributed by atoms with Crippen LogP contribution in [0.2, 0.25) is 0 Å². The fraction of sp³-hybridized carbons (Fsp3) is 0.167. The lowest BCUT2D eigenvalue weighted by Crippen LogP contribution is -1.98. The highest BCUT2D eigenvalue weighted by Crippen LogP contribution is 2.12. The first-order valence-electron chi connectivity index (χ1n) is 4.81. The van der Waals surface area contributed by atoms with Crippen LogP contribution in [-0.2, 0) is 9.53 Å². The van der Waals surface area contributed by atoms with Crippen LogP contribution in [0.4, 0.5) is 4.39 Å². The summed E-state index contributed by atoms with van der Waals surface area (Å²) in [4.78, 5) is 21.3. The summed E-state index contributed by atoms with van der Waals surface area (Å²) in [6, 6.07) is 3.57. The van der Waals surface area contributed by atoms with Crippen molar-refractivity contribution in [3.8, 4) is 0 Å². The molecule has 0 bridgehead atoms. The third-order valence-electron chi connectivity index (χ3n) is 2.06. The Morgan fingerprint density at radius 3 is 2.71 bits per heavy atom. The normalized spacial score (nSPS) is 10.5. The SMILES string of the molecule is COC(=O)CC=Cc1ccc(C(=O)O)cc1F. The Labute approximate surface area is 97.3 Å². The number of carboxylic acid groups (broad SMARTS) is 1. The predicted molar refractivity (Wildman–Crippen MR) is 59.0 cm³/mol. The van der Waals surface area contributed by atoms with E-state index in [2.05, 4.69) is 4.74 Å². The molecule has 0 aliphatic carbocycles. The molecule has 0 saturated heterocycles. The molecule has 0 aliphatic rings. The van der Waals surface area contributed by atoms with Crippen LogP contribution in [0.3, 0.4) is 0 Å². The molecule has 0 radical (unpaired) electrons. The van der Waals surface area contributed by atoms with E-state index < -0.39 is 17.8 Å². The lowest BCUT2D eigenvalue weighted by atomic mass is 10.1. The van der Waals surface area contributed by atoms with Gasteiger partial charge in [-0.2, -0.15) is 0 Å². The summed E-state index contributed by atoms with van der Waals surface area (Å²) >= 11 is 0. The molecule has 1 aromatic carbocycles. The van der Waals surface area contributed by atoms with Gasteiger partial charge in [0.2, 0.25) is 0 Å². The summed E-state index contributed by atoms with van der Waals surface area (Å²) in [5.74, 6) is -2.26. The minimum atomic E-state index is -1.19. The molecule has 0 aromatic heterocycles. The first-order chi connectivity index (χ1) is 8.04. The molecule has 0 atom stereocenters. The van der Waals surface area contributed by atoms with Gasteiger partial charge in [-0.05, 0) is 12.1 Å². The van der Waals surface area contributed by atoms with Crippen LogP contribution in [0.5, 0.6) is 0 Å². The number of methoxy groups -OCH3 is 1. The van der Waals surface area contributed by atoms with Crippen LogP contribution in [0.15, 0.2) is 24.3 Å². The van der Waals surface area contributed by atoms with E-state index in [0.29, 0.717) is 0 Å².